The van der Waals surface area contributed by atoms with Crippen molar-refractivity contribution < 1.29 is 22.0 Å². The number of halogens is 1. The van der Waals surface area contributed by atoms with Gasteiger partial charge < -0.3 is 5.32 Å². The van der Waals surface area contributed by atoms with Gasteiger partial charge in [0.1, 0.15) is 9.79 Å². The maximum atomic E-state index is 12.7. The highest BCUT2D eigenvalue weighted by Gasteiger charge is 2.53. The molecule has 0 aromatic heterocycles. The molecule has 0 aliphatic carbocycles. The Morgan fingerprint density at radius 1 is 1.29 bits per heavy atom. The predicted octanol–water partition coefficient (Wildman–Crippen LogP) is 1.63. The Morgan fingerprint density at radius 2 is 1.89 bits per heavy atom. The molecule has 1 radical (unpaired) electrons. The molecule has 12 heteroatoms. The van der Waals surface area contributed by atoms with Gasteiger partial charge in [0.05, 0.1) is 16.9 Å². The molecule has 0 saturated carbocycles. The molecule has 157 valence electrons. The van der Waals surface area contributed by atoms with Crippen molar-refractivity contribution in [3.8, 4) is 0 Å². The summed E-state index contributed by atoms with van der Waals surface area (Å²) in [4.78, 5) is -0.701. The first-order valence-electron chi connectivity index (χ1n) is 8.68. The van der Waals surface area contributed by atoms with Gasteiger partial charge >= 0.3 is 0 Å². The van der Waals surface area contributed by atoms with E-state index in [-0.39, 0.29) is 21.5 Å². The number of rotatable bonds is 3. The van der Waals surface area contributed by atoms with Gasteiger partial charge in [0.15, 0.2) is 0 Å². The Bertz CT molecular complexity index is 1020. The van der Waals surface area contributed by atoms with Crippen LogP contribution in [0.3, 0.4) is 0 Å². The summed E-state index contributed by atoms with van der Waals surface area (Å²) in [6.45, 7) is 7.42. The molecular weight excluding hydrogens is 428 g/mol. The Morgan fingerprint density at radius 3 is 2.39 bits per heavy atom. The topological polar surface area (TPSA) is 141 Å². The average molecular weight is 452 g/mol. The first kappa shape index (κ1) is 21.8. The fraction of sp³-hybridized carbons (Fsp3) is 0.625. The third-order valence-corrected chi connectivity index (χ3v) is 8.48. The number of hydrogen-bond donors (Lipinski definition) is 3. The smallest absolute Gasteiger partial charge is 0.244 e. The monoisotopic (exact) mass is 451 g/mol. The van der Waals surface area contributed by atoms with Crippen LogP contribution in [-0.4, -0.2) is 39.1 Å². The quantitative estimate of drug-likeness (QED) is 0.637. The van der Waals surface area contributed by atoms with Crippen LogP contribution in [0.1, 0.15) is 40.5 Å². The van der Waals surface area contributed by atoms with Crippen molar-refractivity contribution in [1.82, 2.24) is 9.79 Å². The lowest BCUT2D eigenvalue weighted by atomic mass is 9.83. The summed E-state index contributed by atoms with van der Waals surface area (Å²) in [5, 5.41) is 21.6. The highest BCUT2D eigenvalue weighted by Crippen LogP contribution is 2.46. The zero-order valence-corrected chi connectivity index (χ0v) is 18.4. The lowest BCUT2D eigenvalue weighted by Crippen LogP contribution is -2.49. The van der Waals surface area contributed by atoms with Crippen LogP contribution in [0.15, 0.2) is 21.9 Å². The molecule has 1 saturated heterocycles. The number of fused-ring (bicyclic) bond motifs is 1. The van der Waals surface area contributed by atoms with E-state index in [0.29, 0.717) is 12.8 Å². The molecule has 2 unspecified atom stereocenters. The van der Waals surface area contributed by atoms with E-state index in [9.17, 15) is 22.0 Å². The minimum absolute atomic E-state index is 0.0686. The first-order chi connectivity index (χ1) is 12.6. The minimum Gasteiger partial charge on any atom is -0.368 e. The third-order valence-electron chi connectivity index (χ3n) is 5.60. The highest BCUT2D eigenvalue weighted by molar-refractivity contribution is 7.90. The molecular formula is C16H24ClN4O5S2. The number of primary sulfonamides is 1. The minimum atomic E-state index is -4.18. The third kappa shape index (κ3) is 3.64. The van der Waals surface area contributed by atoms with Crippen molar-refractivity contribution in [3.63, 3.8) is 0 Å². The number of hydrogen-bond acceptors (Lipinski definition) is 6. The number of nitrogens with one attached hydrogen (secondary N) is 2. The van der Waals surface area contributed by atoms with E-state index in [1.807, 2.05) is 27.7 Å². The van der Waals surface area contributed by atoms with Gasteiger partial charge in [0, 0.05) is 11.1 Å². The summed E-state index contributed by atoms with van der Waals surface area (Å²) < 4.78 is 51.2. The second-order valence-corrected chi connectivity index (χ2v) is 12.2. The maximum absolute atomic E-state index is 12.7. The normalized spacial score (nSPS) is 28.5. The second kappa shape index (κ2) is 6.53. The second-order valence-electron chi connectivity index (χ2n) is 8.54. The molecule has 28 heavy (non-hydrogen) atoms. The molecule has 1 aromatic rings. The van der Waals surface area contributed by atoms with E-state index in [4.69, 9.17) is 16.7 Å². The van der Waals surface area contributed by atoms with Crippen LogP contribution >= 0.6 is 11.6 Å². The number of benzene rings is 1. The van der Waals surface area contributed by atoms with E-state index in [2.05, 4.69) is 10.0 Å². The first-order valence-corrected chi connectivity index (χ1v) is 12.1. The zero-order chi connectivity index (χ0) is 21.3. The summed E-state index contributed by atoms with van der Waals surface area (Å²) in [6.07, 6.45) is 0.324. The standard InChI is InChI=1S/C16H24ClN4O5S2/c1-15(2)8-9(16(3,4)21(15)22)5-14-19-11-6-10(17)12(27(18,23)24)7-13(11)28(25,26)20-14/h6-7,9,14,19-20H,5,8H2,1-4H3,(H2,18,23,24). The van der Waals surface area contributed by atoms with Crippen molar-refractivity contribution in [3.05, 3.63) is 17.2 Å². The van der Waals surface area contributed by atoms with Gasteiger partial charge in [-0.05, 0) is 58.6 Å². The molecule has 2 aliphatic heterocycles. The highest BCUT2D eigenvalue weighted by atomic mass is 35.5. The molecule has 2 atom stereocenters. The molecule has 0 spiro atoms. The number of nitrogens with two attached hydrogens (primary N) is 1. The molecule has 0 bridgehead atoms. The van der Waals surface area contributed by atoms with Crippen molar-refractivity contribution in [2.75, 3.05) is 5.32 Å². The number of anilines is 1. The summed E-state index contributed by atoms with van der Waals surface area (Å²) >= 11 is 6.00. The van der Waals surface area contributed by atoms with Crippen LogP contribution in [0.2, 0.25) is 5.02 Å². The van der Waals surface area contributed by atoms with Crippen LogP contribution in [0, 0.1) is 5.92 Å². The summed E-state index contributed by atoms with van der Waals surface area (Å²) in [7, 11) is -8.17. The Balaban J connectivity index is 1.93. The molecule has 1 aromatic carbocycles. The zero-order valence-electron chi connectivity index (χ0n) is 16.0. The molecule has 9 nitrogen and oxygen atoms in total. The molecule has 2 aliphatic rings. The average Bonchev–Trinajstić information content (AvgIpc) is 2.64. The SMILES string of the molecule is CC1(C)CC(CC2Nc3cc(Cl)c(S(N)(=O)=O)cc3S(=O)(=O)N2)C(C)(C)N1[O]. The lowest BCUT2D eigenvalue weighted by Gasteiger charge is -2.36. The molecule has 0 amide bonds. The Labute approximate surface area is 170 Å². The van der Waals surface area contributed by atoms with Crippen LogP contribution in [0.25, 0.3) is 0 Å². The molecule has 1 fully saturated rings. The van der Waals surface area contributed by atoms with Crippen molar-refractivity contribution in [2.24, 2.45) is 11.1 Å². The molecule has 3 rings (SSSR count). The van der Waals surface area contributed by atoms with Crippen molar-refractivity contribution >= 4 is 37.3 Å². The summed E-state index contributed by atoms with van der Waals surface area (Å²) in [5.74, 6) is -0.0686. The number of hydroxylamine groups is 2. The molecule has 2 heterocycles. The maximum Gasteiger partial charge on any atom is 0.244 e. The van der Waals surface area contributed by atoms with Gasteiger partial charge in [-0.2, -0.15) is 4.72 Å². The van der Waals surface area contributed by atoms with Gasteiger partial charge in [-0.25, -0.2) is 22.0 Å². The predicted molar refractivity (Wildman–Crippen MR) is 104 cm³/mol. The van der Waals surface area contributed by atoms with Crippen LogP contribution in [-0.2, 0) is 25.3 Å². The summed E-state index contributed by atoms with van der Waals surface area (Å²) in [6, 6.07) is 2.19. The fourth-order valence-electron chi connectivity index (χ4n) is 4.20. The van der Waals surface area contributed by atoms with Crippen LogP contribution < -0.4 is 15.2 Å². The fourth-order valence-corrected chi connectivity index (χ4v) is 6.71. The Kier molecular flexibility index (Phi) is 5.07. The van der Waals surface area contributed by atoms with E-state index in [1.54, 1.807) is 0 Å². The number of nitrogens with zero attached hydrogens (tertiary/aromatic N) is 1. The van der Waals surface area contributed by atoms with Gasteiger partial charge in [0.2, 0.25) is 20.0 Å². The van der Waals surface area contributed by atoms with Gasteiger partial charge in [-0.3, -0.25) is 0 Å². The van der Waals surface area contributed by atoms with E-state index >= 15 is 0 Å². The van der Waals surface area contributed by atoms with Crippen LogP contribution in [0.4, 0.5) is 5.69 Å². The molecule has 4 N–H and O–H groups in total. The van der Waals surface area contributed by atoms with E-state index < -0.39 is 42.2 Å². The Hall–Kier alpha value is -0.950. The number of sulfonamides is 2. The van der Waals surface area contributed by atoms with Gasteiger partial charge in [-0.15, -0.1) is 10.3 Å². The van der Waals surface area contributed by atoms with Gasteiger partial charge in [0.25, 0.3) is 0 Å². The van der Waals surface area contributed by atoms with Crippen LogP contribution in [0.5, 0.6) is 0 Å². The van der Waals surface area contributed by atoms with Gasteiger partial charge in [-0.1, -0.05) is 11.6 Å². The lowest BCUT2D eigenvalue weighted by molar-refractivity contribution is -0.248. The largest absolute Gasteiger partial charge is 0.368 e. The van der Waals surface area contributed by atoms with E-state index in [1.165, 1.54) is 6.07 Å². The van der Waals surface area contributed by atoms with Crippen molar-refractivity contribution in [1.29, 1.82) is 0 Å². The van der Waals surface area contributed by atoms with E-state index in [0.717, 1.165) is 11.1 Å². The summed E-state index contributed by atoms with van der Waals surface area (Å²) in [5.41, 5.74) is -1.02. The van der Waals surface area contributed by atoms with Crippen molar-refractivity contribution in [2.45, 2.75) is 67.6 Å².